The molecule has 0 unspecified atom stereocenters. The zero-order chi connectivity index (χ0) is 18.1. The molecule has 6 heteroatoms. The summed E-state index contributed by atoms with van der Waals surface area (Å²) in [7, 11) is 0. The molecule has 134 valence electrons. The maximum atomic E-state index is 13.0. The lowest BCUT2D eigenvalue weighted by atomic mass is 9.94. The molecule has 0 bridgehead atoms. The zero-order valence-electron chi connectivity index (χ0n) is 14.4. The smallest absolute Gasteiger partial charge is 0.340 e. The van der Waals surface area contributed by atoms with Crippen molar-refractivity contribution in [1.29, 1.82) is 0 Å². The lowest BCUT2D eigenvalue weighted by Crippen LogP contribution is -2.28. The number of nitrogens with one attached hydrogen (secondary N) is 1. The summed E-state index contributed by atoms with van der Waals surface area (Å²) in [5.74, 6) is 0.774. The van der Waals surface area contributed by atoms with E-state index in [1.807, 2.05) is 18.2 Å². The third kappa shape index (κ3) is 2.77. The fourth-order valence-corrected chi connectivity index (χ4v) is 3.19. The SMILES string of the molecule is CCOC(=O)c1ccccc1NC(=O)C1(c2ccc3c(c2)OCO3)CC1. The van der Waals surface area contributed by atoms with Gasteiger partial charge in [-0.25, -0.2) is 4.79 Å². The van der Waals surface area contributed by atoms with Crippen molar-refractivity contribution in [3.05, 3.63) is 53.6 Å². The summed E-state index contributed by atoms with van der Waals surface area (Å²) in [5.41, 5.74) is 1.11. The number of rotatable bonds is 5. The van der Waals surface area contributed by atoms with Crippen LogP contribution in [0.15, 0.2) is 42.5 Å². The monoisotopic (exact) mass is 353 g/mol. The van der Waals surface area contributed by atoms with Crippen LogP contribution >= 0.6 is 0 Å². The maximum absolute atomic E-state index is 13.0. The molecule has 1 fully saturated rings. The van der Waals surface area contributed by atoms with E-state index >= 15 is 0 Å². The Morgan fingerprint density at radius 1 is 1.12 bits per heavy atom. The van der Waals surface area contributed by atoms with Crippen molar-refractivity contribution in [2.75, 3.05) is 18.7 Å². The second-order valence-electron chi connectivity index (χ2n) is 6.37. The van der Waals surface area contributed by atoms with E-state index in [1.165, 1.54) is 0 Å². The molecule has 0 atom stereocenters. The molecule has 0 saturated heterocycles. The first-order valence-corrected chi connectivity index (χ1v) is 8.62. The number of para-hydroxylation sites is 1. The number of anilines is 1. The van der Waals surface area contributed by atoms with Gasteiger partial charge in [0.25, 0.3) is 0 Å². The summed E-state index contributed by atoms with van der Waals surface area (Å²) in [6.45, 7) is 2.23. The first-order chi connectivity index (χ1) is 12.6. The Morgan fingerprint density at radius 2 is 1.88 bits per heavy atom. The highest BCUT2D eigenvalue weighted by atomic mass is 16.7. The van der Waals surface area contributed by atoms with Crippen LogP contribution in [0.2, 0.25) is 0 Å². The molecule has 0 aromatic heterocycles. The lowest BCUT2D eigenvalue weighted by Gasteiger charge is -2.17. The maximum Gasteiger partial charge on any atom is 0.340 e. The fraction of sp³-hybridized carbons (Fsp3) is 0.300. The zero-order valence-corrected chi connectivity index (χ0v) is 14.4. The summed E-state index contributed by atoms with van der Waals surface area (Å²) in [4.78, 5) is 25.1. The summed E-state index contributed by atoms with van der Waals surface area (Å²) in [5, 5.41) is 2.91. The molecule has 2 aromatic carbocycles. The predicted octanol–water partition coefficient (Wildman–Crippen LogP) is 3.26. The highest BCUT2D eigenvalue weighted by molar-refractivity contribution is 6.06. The van der Waals surface area contributed by atoms with Crippen LogP contribution in [0.4, 0.5) is 5.69 Å². The number of carbonyl (C=O) groups excluding carboxylic acids is 2. The first kappa shape index (κ1) is 16.4. The van der Waals surface area contributed by atoms with Gasteiger partial charge < -0.3 is 19.5 Å². The van der Waals surface area contributed by atoms with Crippen molar-refractivity contribution in [3.63, 3.8) is 0 Å². The Hall–Kier alpha value is -3.02. The summed E-state index contributed by atoms with van der Waals surface area (Å²) in [6, 6.07) is 12.5. The first-order valence-electron chi connectivity index (χ1n) is 8.62. The van der Waals surface area contributed by atoms with Gasteiger partial charge in [0.2, 0.25) is 12.7 Å². The van der Waals surface area contributed by atoms with Crippen LogP contribution in [0.1, 0.15) is 35.7 Å². The number of esters is 1. The normalized spacial score (nSPS) is 16.0. The number of amides is 1. The van der Waals surface area contributed by atoms with Gasteiger partial charge in [0.15, 0.2) is 11.5 Å². The van der Waals surface area contributed by atoms with E-state index in [2.05, 4.69) is 5.32 Å². The van der Waals surface area contributed by atoms with E-state index in [4.69, 9.17) is 14.2 Å². The van der Waals surface area contributed by atoms with Crippen LogP contribution in [0.25, 0.3) is 0 Å². The van der Waals surface area contributed by atoms with Gasteiger partial charge in [-0.1, -0.05) is 18.2 Å². The van der Waals surface area contributed by atoms with E-state index in [0.29, 0.717) is 22.7 Å². The van der Waals surface area contributed by atoms with Crippen LogP contribution < -0.4 is 14.8 Å². The Bertz CT molecular complexity index is 872. The molecule has 1 aliphatic heterocycles. The van der Waals surface area contributed by atoms with Crippen LogP contribution in [0.3, 0.4) is 0 Å². The predicted molar refractivity (Wildman–Crippen MR) is 94.5 cm³/mol. The third-order valence-electron chi connectivity index (χ3n) is 4.78. The van der Waals surface area contributed by atoms with Crippen molar-refractivity contribution in [1.82, 2.24) is 0 Å². The molecule has 2 aromatic rings. The summed E-state index contributed by atoms with van der Waals surface area (Å²) in [6.07, 6.45) is 1.50. The average molecular weight is 353 g/mol. The molecule has 1 aliphatic carbocycles. The molecule has 1 heterocycles. The van der Waals surface area contributed by atoms with E-state index < -0.39 is 11.4 Å². The van der Waals surface area contributed by atoms with Crippen LogP contribution in [0.5, 0.6) is 11.5 Å². The van der Waals surface area contributed by atoms with Crippen molar-refractivity contribution in [3.8, 4) is 11.5 Å². The molecule has 1 N–H and O–H groups in total. The number of hydrogen-bond donors (Lipinski definition) is 1. The molecule has 26 heavy (non-hydrogen) atoms. The van der Waals surface area contributed by atoms with Crippen molar-refractivity contribution in [2.24, 2.45) is 0 Å². The highest BCUT2D eigenvalue weighted by Gasteiger charge is 2.51. The molecule has 2 aliphatic rings. The lowest BCUT2D eigenvalue weighted by molar-refractivity contribution is -0.118. The minimum absolute atomic E-state index is 0.131. The standard InChI is InChI=1S/C20H19NO5/c1-2-24-18(22)14-5-3-4-6-15(14)21-19(23)20(9-10-20)13-7-8-16-17(11-13)26-12-25-16/h3-8,11H,2,9-10,12H2,1H3,(H,21,23). The Labute approximate surface area is 151 Å². The molecule has 0 spiro atoms. The van der Waals surface area contributed by atoms with E-state index in [1.54, 1.807) is 31.2 Å². The number of carbonyl (C=O) groups is 2. The largest absolute Gasteiger partial charge is 0.462 e. The molecule has 1 saturated carbocycles. The van der Waals surface area contributed by atoms with Gasteiger partial charge in [-0.05, 0) is 49.6 Å². The van der Waals surface area contributed by atoms with Crippen LogP contribution in [-0.2, 0) is 14.9 Å². The van der Waals surface area contributed by atoms with Gasteiger partial charge in [-0.15, -0.1) is 0 Å². The van der Waals surface area contributed by atoms with Gasteiger partial charge in [-0.3, -0.25) is 4.79 Å². The molecular weight excluding hydrogens is 334 g/mol. The second kappa shape index (κ2) is 6.37. The topological polar surface area (TPSA) is 73.9 Å². The second-order valence-corrected chi connectivity index (χ2v) is 6.37. The number of ether oxygens (including phenoxy) is 3. The number of hydrogen-bond acceptors (Lipinski definition) is 5. The van der Waals surface area contributed by atoms with Gasteiger partial charge in [0.05, 0.1) is 23.3 Å². The summed E-state index contributed by atoms with van der Waals surface area (Å²) >= 11 is 0. The number of benzene rings is 2. The quantitative estimate of drug-likeness (QED) is 0.835. The van der Waals surface area contributed by atoms with Crippen molar-refractivity contribution >= 4 is 17.6 Å². The van der Waals surface area contributed by atoms with Gasteiger partial charge in [0, 0.05) is 0 Å². The Kier molecular flexibility index (Phi) is 4.03. The van der Waals surface area contributed by atoms with Crippen LogP contribution in [-0.4, -0.2) is 25.3 Å². The fourth-order valence-electron chi connectivity index (χ4n) is 3.19. The molecule has 0 radical (unpaired) electrons. The number of fused-ring (bicyclic) bond motifs is 1. The summed E-state index contributed by atoms with van der Waals surface area (Å²) < 4.78 is 15.8. The third-order valence-corrected chi connectivity index (χ3v) is 4.78. The molecule has 6 nitrogen and oxygen atoms in total. The molecular formula is C20H19NO5. The van der Waals surface area contributed by atoms with Crippen molar-refractivity contribution < 1.29 is 23.8 Å². The van der Waals surface area contributed by atoms with Gasteiger partial charge in [0.1, 0.15) is 0 Å². The van der Waals surface area contributed by atoms with Crippen molar-refractivity contribution in [2.45, 2.75) is 25.2 Å². The van der Waals surface area contributed by atoms with E-state index in [0.717, 1.165) is 18.4 Å². The Balaban J connectivity index is 1.58. The minimum atomic E-state index is -0.594. The highest BCUT2D eigenvalue weighted by Crippen LogP contribution is 2.51. The van der Waals surface area contributed by atoms with Crippen LogP contribution in [0, 0.1) is 0 Å². The Morgan fingerprint density at radius 3 is 2.65 bits per heavy atom. The minimum Gasteiger partial charge on any atom is -0.462 e. The van der Waals surface area contributed by atoms with E-state index in [9.17, 15) is 9.59 Å². The average Bonchev–Trinajstić information content (AvgIpc) is 3.33. The molecule has 4 rings (SSSR count). The van der Waals surface area contributed by atoms with Gasteiger partial charge in [-0.2, -0.15) is 0 Å². The van der Waals surface area contributed by atoms with E-state index in [-0.39, 0.29) is 19.3 Å². The molecule has 1 amide bonds. The van der Waals surface area contributed by atoms with Gasteiger partial charge >= 0.3 is 5.97 Å².